The molecule has 1 heterocycles. The summed E-state index contributed by atoms with van der Waals surface area (Å²) < 4.78 is 32.5. The van der Waals surface area contributed by atoms with E-state index in [4.69, 9.17) is 23.2 Å². The second-order valence-electron chi connectivity index (χ2n) is 7.43. The quantitative estimate of drug-likeness (QED) is 0.338. The molecule has 0 bridgehead atoms. The molecule has 1 amide bonds. The van der Waals surface area contributed by atoms with Crippen molar-refractivity contribution in [2.24, 2.45) is 0 Å². The van der Waals surface area contributed by atoms with Crippen LogP contribution < -0.4 is 22.4 Å². The van der Waals surface area contributed by atoms with Gasteiger partial charge in [-0.15, -0.1) is 0 Å². The van der Waals surface area contributed by atoms with Crippen LogP contribution in [0, 0.1) is 0 Å². The van der Waals surface area contributed by atoms with E-state index in [0.29, 0.717) is 6.42 Å². The van der Waals surface area contributed by atoms with Crippen LogP contribution in [0.5, 0.6) is 5.75 Å². The van der Waals surface area contributed by atoms with Gasteiger partial charge >= 0.3 is 6.09 Å². The summed E-state index contributed by atoms with van der Waals surface area (Å²) in [5.41, 5.74) is -0.233. The van der Waals surface area contributed by atoms with E-state index in [1.54, 1.807) is 0 Å². The Labute approximate surface area is 193 Å². The van der Waals surface area contributed by atoms with Gasteiger partial charge in [-0.1, -0.05) is 23.2 Å². The lowest BCUT2D eigenvalue weighted by molar-refractivity contribution is -0.913. The second kappa shape index (κ2) is 10.9. The number of likely N-dealkylation sites (N-methyl/N-ethyl adjacent to an activating group) is 2. The third-order valence-corrected chi connectivity index (χ3v) is 7.05. The molecule has 2 rings (SSSR count). The minimum absolute atomic E-state index is 0. The molecule has 172 valence electrons. The number of nitrogens with one attached hydrogen (secondary N) is 2. The number of piperazine rings is 1. The van der Waals surface area contributed by atoms with Crippen LogP contribution in [0.3, 0.4) is 0 Å². The van der Waals surface area contributed by atoms with Crippen molar-refractivity contribution >= 4 is 50.7 Å². The average molecular weight is 506 g/mol. The molecule has 1 aliphatic rings. The Bertz CT molecular complexity index is 861. The third-order valence-electron chi connectivity index (χ3n) is 5.02. The van der Waals surface area contributed by atoms with Crippen molar-refractivity contribution in [3.05, 3.63) is 16.1 Å². The normalized spacial score (nSPS) is 16.4. The van der Waals surface area contributed by atoms with Crippen molar-refractivity contribution in [2.45, 2.75) is 6.42 Å². The maximum atomic E-state index is 12.5. The maximum Gasteiger partial charge on any atom is 0.411 e. The van der Waals surface area contributed by atoms with Gasteiger partial charge in [-0.3, -0.25) is 14.9 Å². The molecule has 1 aliphatic heterocycles. The number of quaternary nitrogens is 1. The molecule has 1 fully saturated rings. The first-order chi connectivity index (χ1) is 13.5. The predicted molar refractivity (Wildman–Crippen MR) is 114 cm³/mol. The average Bonchev–Trinajstić information content (AvgIpc) is 2.65. The largest absolute Gasteiger partial charge is 1.00 e. The Kier molecular flexibility index (Phi) is 9.78. The van der Waals surface area contributed by atoms with Crippen molar-refractivity contribution in [3.63, 3.8) is 0 Å². The van der Waals surface area contributed by atoms with E-state index in [-0.39, 0.29) is 39.6 Å². The van der Waals surface area contributed by atoms with Crippen LogP contribution in [0.1, 0.15) is 6.42 Å². The monoisotopic (exact) mass is 504 g/mol. The van der Waals surface area contributed by atoms with Gasteiger partial charge < -0.3 is 26.7 Å². The van der Waals surface area contributed by atoms with Gasteiger partial charge in [0.2, 0.25) is 10.0 Å². The minimum atomic E-state index is -3.73. The Hall–Kier alpha value is -1.17. The van der Waals surface area contributed by atoms with E-state index in [2.05, 4.69) is 33.8 Å². The van der Waals surface area contributed by atoms with E-state index in [1.165, 1.54) is 6.07 Å². The Morgan fingerprint density at radius 2 is 1.93 bits per heavy atom. The Morgan fingerprint density at radius 1 is 1.33 bits per heavy atom. The zero-order valence-corrected chi connectivity index (χ0v) is 20.1. The van der Waals surface area contributed by atoms with Crippen molar-refractivity contribution in [3.8, 4) is 5.75 Å². The van der Waals surface area contributed by atoms with Crippen molar-refractivity contribution in [2.75, 3.05) is 69.7 Å². The topological polar surface area (TPSA) is 108 Å². The standard InChI is InChI=1S/C17H26Cl2N4O5S.ClH/c1-22-5-8-23(2,9-6-22)7-4-10-29(26,27)21-13-11-12(18)15(14(19)16(13)24)20-17(25)28-3;/h11,21H,4-10H2,1-3H3,(H-,20,24,25);1H. The Balaban J connectivity index is 0.00000450. The van der Waals surface area contributed by atoms with Crippen LogP contribution >= 0.6 is 23.2 Å². The summed E-state index contributed by atoms with van der Waals surface area (Å²) in [5, 5.41) is 12.2. The minimum Gasteiger partial charge on any atom is -1.00 e. The number of ether oxygens (including phenoxy) is 1. The fourth-order valence-electron chi connectivity index (χ4n) is 3.08. The lowest BCUT2D eigenvalue weighted by Crippen LogP contribution is -3.00. The van der Waals surface area contributed by atoms with Crippen LogP contribution in [0.25, 0.3) is 0 Å². The smallest absolute Gasteiger partial charge is 0.411 e. The van der Waals surface area contributed by atoms with Gasteiger partial charge in [-0.25, -0.2) is 13.2 Å². The highest BCUT2D eigenvalue weighted by Gasteiger charge is 2.28. The number of nitrogens with zero attached hydrogens (tertiary/aromatic N) is 2. The molecule has 0 spiro atoms. The number of carbonyl (C=O) groups is 1. The zero-order valence-electron chi connectivity index (χ0n) is 17.0. The van der Waals surface area contributed by atoms with Gasteiger partial charge in [0.15, 0.2) is 5.75 Å². The molecule has 9 nitrogen and oxygen atoms in total. The summed E-state index contributed by atoms with van der Waals surface area (Å²) in [5.74, 6) is -0.642. The molecule has 3 N–H and O–H groups in total. The number of halogens is 3. The van der Waals surface area contributed by atoms with Crippen LogP contribution in [-0.4, -0.2) is 88.7 Å². The fraction of sp³-hybridized carbons (Fsp3) is 0.588. The van der Waals surface area contributed by atoms with E-state index < -0.39 is 21.9 Å². The molecule has 1 aromatic rings. The van der Waals surface area contributed by atoms with Crippen molar-refractivity contribution in [1.29, 1.82) is 0 Å². The van der Waals surface area contributed by atoms with Crippen LogP contribution in [0.15, 0.2) is 6.07 Å². The number of hydrogen-bond donors (Lipinski definition) is 3. The van der Waals surface area contributed by atoms with E-state index in [1.807, 2.05) is 0 Å². The Morgan fingerprint density at radius 3 is 2.50 bits per heavy atom. The fourth-order valence-corrected chi connectivity index (χ4v) is 4.73. The van der Waals surface area contributed by atoms with Crippen molar-refractivity contribution < 1.29 is 39.9 Å². The number of benzene rings is 1. The summed E-state index contributed by atoms with van der Waals surface area (Å²) in [6.07, 6.45) is -0.359. The van der Waals surface area contributed by atoms with Gasteiger partial charge in [0.25, 0.3) is 0 Å². The number of phenolic OH excluding ortho intramolecular Hbond substituents is 1. The SMILES string of the molecule is COC(=O)Nc1c(Cl)cc(NS(=O)(=O)CCC[N+]2(C)CCN(C)CC2)c(O)c1Cl.[Cl-]. The van der Waals surface area contributed by atoms with Gasteiger partial charge in [-0.05, 0) is 13.1 Å². The number of anilines is 2. The van der Waals surface area contributed by atoms with Gasteiger partial charge in [-0.2, -0.15) is 0 Å². The lowest BCUT2D eigenvalue weighted by atomic mass is 10.2. The summed E-state index contributed by atoms with van der Waals surface area (Å²) in [6, 6.07) is 1.18. The highest BCUT2D eigenvalue weighted by Crippen LogP contribution is 2.43. The van der Waals surface area contributed by atoms with Crippen LogP contribution in [0.4, 0.5) is 16.2 Å². The number of aromatic hydroxyl groups is 1. The molecule has 1 saturated heterocycles. The maximum absolute atomic E-state index is 12.5. The first-order valence-electron chi connectivity index (χ1n) is 9.05. The molecule has 30 heavy (non-hydrogen) atoms. The first-order valence-corrected chi connectivity index (χ1v) is 11.5. The lowest BCUT2D eigenvalue weighted by Gasteiger charge is -2.41. The molecule has 0 saturated carbocycles. The zero-order chi connectivity index (χ0) is 21.8. The number of rotatable bonds is 7. The number of sulfonamides is 1. The molecule has 0 atom stereocenters. The van der Waals surface area contributed by atoms with E-state index in [0.717, 1.165) is 44.3 Å². The molecule has 13 heteroatoms. The second-order valence-corrected chi connectivity index (χ2v) is 10.1. The first kappa shape index (κ1) is 26.9. The van der Waals surface area contributed by atoms with Crippen LogP contribution in [-0.2, 0) is 14.8 Å². The molecule has 0 aliphatic carbocycles. The van der Waals surface area contributed by atoms with Crippen molar-refractivity contribution in [1.82, 2.24) is 4.90 Å². The van der Waals surface area contributed by atoms with Gasteiger partial charge in [0.1, 0.15) is 5.02 Å². The number of hydrogen-bond acceptors (Lipinski definition) is 6. The number of phenols is 1. The van der Waals surface area contributed by atoms with E-state index in [9.17, 15) is 18.3 Å². The van der Waals surface area contributed by atoms with Gasteiger partial charge in [0.05, 0.1) is 55.9 Å². The molecule has 0 unspecified atom stereocenters. The molecular weight excluding hydrogens is 479 g/mol. The van der Waals surface area contributed by atoms with E-state index >= 15 is 0 Å². The molecule has 0 radical (unpaired) electrons. The number of carbonyl (C=O) groups excluding carboxylic acids is 1. The molecule has 1 aromatic carbocycles. The molecule has 0 aromatic heterocycles. The summed E-state index contributed by atoms with van der Waals surface area (Å²) in [4.78, 5) is 13.6. The van der Waals surface area contributed by atoms with Gasteiger partial charge in [0, 0.05) is 19.5 Å². The molecular formula is C17H27Cl3N4O5S. The number of methoxy groups -OCH3 is 1. The van der Waals surface area contributed by atoms with Crippen LogP contribution in [0.2, 0.25) is 10.0 Å². The summed E-state index contributed by atoms with van der Waals surface area (Å²) in [6.45, 7) is 4.66. The summed E-state index contributed by atoms with van der Waals surface area (Å²) in [7, 11) is 1.63. The highest BCUT2D eigenvalue weighted by atomic mass is 35.5. The summed E-state index contributed by atoms with van der Waals surface area (Å²) >= 11 is 12.1. The number of amides is 1. The highest BCUT2D eigenvalue weighted by molar-refractivity contribution is 7.92. The predicted octanol–water partition coefficient (Wildman–Crippen LogP) is -0.595. The third kappa shape index (κ3) is 7.21.